The van der Waals surface area contributed by atoms with Crippen molar-refractivity contribution in [3.63, 3.8) is 0 Å². The fraction of sp³-hybridized carbons (Fsp3) is 0.294. The quantitative estimate of drug-likeness (QED) is 0.845. The Morgan fingerprint density at radius 2 is 1.53 bits per heavy atom. The van der Waals surface area contributed by atoms with Crippen LogP contribution in [0, 0.1) is 0 Å². The first-order valence-electron chi connectivity index (χ1n) is 6.77. The Hall–Kier alpha value is -1.96. The molecule has 0 spiro atoms. The maximum Gasteiger partial charge on any atom is 0.118 e. The first-order chi connectivity index (χ1) is 9.31. The summed E-state index contributed by atoms with van der Waals surface area (Å²) in [5.41, 5.74) is 3.88. The number of ether oxygens (including phenoxy) is 1. The predicted octanol–water partition coefficient (Wildman–Crippen LogP) is 3.91. The minimum atomic E-state index is 0.909. The average Bonchev–Trinajstić information content (AvgIpc) is 2.49. The van der Waals surface area contributed by atoms with Crippen LogP contribution in [0.4, 0.5) is 5.69 Å². The molecule has 19 heavy (non-hydrogen) atoms. The topological polar surface area (TPSA) is 21.3 Å². The monoisotopic (exact) mass is 255 g/mol. The summed E-state index contributed by atoms with van der Waals surface area (Å²) in [7, 11) is 1.69. The minimum Gasteiger partial charge on any atom is -0.497 e. The van der Waals surface area contributed by atoms with Gasteiger partial charge in [-0.1, -0.05) is 31.2 Å². The first kappa shape index (κ1) is 13.5. The molecule has 2 rings (SSSR count). The van der Waals surface area contributed by atoms with Crippen molar-refractivity contribution in [2.45, 2.75) is 19.8 Å². The van der Waals surface area contributed by atoms with Crippen molar-refractivity contribution in [3.05, 3.63) is 59.7 Å². The summed E-state index contributed by atoms with van der Waals surface area (Å²) in [4.78, 5) is 0. The van der Waals surface area contributed by atoms with Gasteiger partial charge < -0.3 is 10.1 Å². The number of anilines is 1. The molecule has 0 aliphatic carbocycles. The molecule has 0 amide bonds. The molecule has 2 aromatic rings. The molecule has 0 saturated heterocycles. The van der Waals surface area contributed by atoms with Crippen LogP contribution in [-0.4, -0.2) is 13.7 Å². The Morgan fingerprint density at radius 3 is 2.11 bits per heavy atom. The van der Waals surface area contributed by atoms with Gasteiger partial charge in [-0.05, 0) is 48.2 Å². The van der Waals surface area contributed by atoms with Gasteiger partial charge in [0.2, 0.25) is 0 Å². The number of aryl methyl sites for hydroxylation is 1. The Morgan fingerprint density at radius 1 is 0.895 bits per heavy atom. The number of hydrogen-bond donors (Lipinski definition) is 1. The van der Waals surface area contributed by atoms with Crippen LogP contribution in [-0.2, 0) is 12.8 Å². The van der Waals surface area contributed by atoms with E-state index in [0.717, 1.165) is 25.1 Å². The van der Waals surface area contributed by atoms with E-state index < -0.39 is 0 Å². The van der Waals surface area contributed by atoms with E-state index in [-0.39, 0.29) is 0 Å². The van der Waals surface area contributed by atoms with E-state index in [1.165, 1.54) is 16.8 Å². The van der Waals surface area contributed by atoms with E-state index in [4.69, 9.17) is 4.74 Å². The van der Waals surface area contributed by atoms with Gasteiger partial charge in [0, 0.05) is 12.2 Å². The molecular formula is C17H21NO. The summed E-state index contributed by atoms with van der Waals surface area (Å²) in [5.74, 6) is 0.909. The Kier molecular flexibility index (Phi) is 4.85. The largest absolute Gasteiger partial charge is 0.497 e. The SMILES string of the molecule is CCc1ccc(NCCc2ccc(OC)cc2)cc1. The molecule has 2 heteroatoms. The van der Waals surface area contributed by atoms with Crippen LogP contribution in [0.5, 0.6) is 5.75 Å². The molecule has 0 aromatic heterocycles. The second kappa shape index (κ2) is 6.83. The Balaban J connectivity index is 1.81. The maximum absolute atomic E-state index is 5.15. The average molecular weight is 255 g/mol. The number of nitrogens with one attached hydrogen (secondary N) is 1. The van der Waals surface area contributed by atoms with Crippen molar-refractivity contribution in [1.82, 2.24) is 0 Å². The van der Waals surface area contributed by atoms with Gasteiger partial charge in [-0.3, -0.25) is 0 Å². The van der Waals surface area contributed by atoms with Crippen LogP contribution < -0.4 is 10.1 Å². The Bertz CT molecular complexity index is 440. The van der Waals surface area contributed by atoms with E-state index >= 15 is 0 Å². The maximum atomic E-state index is 5.15. The van der Waals surface area contributed by atoms with Gasteiger partial charge in [0.1, 0.15) is 5.75 Å². The van der Waals surface area contributed by atoms with Crippen LogP contribution in [0.1, 0.15) is 18.1 Å². The lowest BCUT2D eigenvalue weighted by Gasteiger charge is -2.08. The molecule has 0 aliphatic heterocycles. The third kappa shape index (κ3) is 4.02. The van der Waals surface area contributed by atoms with Gasteiger partial charge in [-0.2, -0.15) is 0 Å². The van der Waals surface area contributed by atoms with Crippen LogP contribution in [0.3, 0.4) is 0 Å². The molecule has 0 bridgehead atoms. The van der Waals surface area contributed by atoms with Crippen LogP contribution in [0.2, 0.25) is 0 Å². The molecule has 0 saturated carbocycles. The second-order valence-corrected chi connectivity index (χ2v) is 4.58. The molecule has 2 aromatic carbocycles. The molecule has 0 aliphatic rings. The van der Waals surface area contributed by atoms with E-state index in [0.29, 0.717) is 0 Å². The number of rotatable bonds is 6. The molecule has 0 fully saturated rings. The smallest absolute Gasteiger partial charge is 0.118 e. The molecule has 0 radical (unpaired) electrons. The summed E-state index contributed by atoms with van der Waals surface area (Å²) in [6, 6.07) is 16.9. The zero-order chi connectivity index (χ0) is 13.5. The number of hydrogen-bond acceptors (Lipinski definition) is 2. The lowest BCUT2D eigenvalue weighted by atomic mass is 10.1. The summed E-state index contributed by atoms with van der Waals surface area (Å²) in [5, 5.41) is 3.44. The molecule has 0 heterocycles. The van der Waals surface area contributed by atoms with Crippen LogP contribution >= 0.6 is 0 Å². The fourth-order valence-electron chi connectivity index (χ4n) is 2.00. The third-order valence-electron chi connectivity index (χ3n) is 3.26. The highest BCUT2D eigenvalue weighted by Crippen LogP contribution is 2.13. The summed E-state index contributed by atoms with van der Waals surface area (Å²) >= 11 is 0. The predicted molar refractivity (Wildman–Crippen MR) is 81.0 cm³/mol. The van der Waals surface area contributed by atoms with Gasteiger partial charge in [-0.15, -0.1) is 0 Å². The lowest BCUT2D eigenvalue weighted by Crippen LogP contribution is -2.04. The molecule has 0 atom stereocenters. The number of benzene rings is 2. The van der Waals surface area contributed by atoms with Crippen LogP contribution in [0.25, 0.3) is 0 Å². The van der Waals surface area contributed by atoms with E-state index in [2.05, 4.69) is 48.6 Å². The van der Waals surface area contributed by atoms with E-state index in [1.807, 2.05) is 12.1 Å². The lowest BCUT2D eigenvalue weighted by molar-refractivity contribution is 0.414. The van der Waals surface area contributed by atoms with Crippen molar-refractivity contribution in [2.75, 3.05) is 19.0 Å². The molecular weight excluding hydrogens is 234 g/mol. The third-order valence-corrected chi connectivity index (χ3v) is 3.26. The van der Waals surface area contributed by atoms with Crippen molar-refractivity contribution >= 4 is 5.69 Å². The summed E-state index contributed by atoms with van der Waals surface area (Å²) in [6.07, 6.45) is 2.10. The second-order valence-electron chi connectivity index (χ2n) is 4.58. The number of methoxy groups -OCH3 is 1. The van der Waals surface area contributed by atoms with Crippen LogP contribution in [0.15, 0.2) is 48.5 Å². The highest BCUT2D eigenvalue weighted by Gasteiger charge is 1.96. The summed E-state index contributed by atoms with van der Waals surface area (Å²) in [6.45, 7) is 3.11. The fourth-order valence-corrected chi connectivity index (χ4v) is 2.00. The van der Waals surface area contributed by atoms with Gasteiger partial charge in [0.15, 0.2) is 0 Å². The molecule has 0 unspecified atom stereocenters. The van der Waals surface area contributed by atoms with E-state index in [9.17, 15) is 0 Å². The minimum absolute atomic E-state index is 0.909. The van der Waals surface area contributed by atoms with E-state index in [1.54, 1.807) is 7.11 Å². The van der Waals surface area contributed by atoms with Gasteiger partial charge in [-0.25, -0.2) is 0 Å². The first-order valence-corrected chi connectivity index (χ1v) is 6.77. The molecule has 2 nitrogen and oxygen atoms in total. The highest BCUT2D eigenvalue weighted by atomic mass is 16.5. The Labute approximate surface area is 115 Å². The standard InChI is InChI=1S/C17H21NO/c1-3-14-4-8-16(9-5-14)18-13-12-15-6-10-17(19-2)11-7-15/h4-11,18H,3,12-13H2,1-2H3. The zero-order valence-corrected chi connectivity index (χ0v) is 11.6. The zero-order valence-electron chi connectivity index (χ0n) is 11.6. The highest BCUT2D eigenvalue weighted by molar-refractivity contribution is 5.44. The van der Waals surface area contributed by atoms with Crippen molar-refractivity contribution in [3.8, 4) is 5.75 Å². The van der Waals surface area contributed by atoms with Crippen molar-refractivity contribution in [1.29, 1.82) is 0 Å². The van der Waals surface area contributed by atoms with Gasteiger partial charge >= 0.3 is 0 Å². The van der Waals surface area contributed by atoms with Crippen molar-refractivity contribution < 1.29 is 4.74 Å². The molecule has 1 N–H and O–H groups in total. The van der Waals surface area contributed by atoms with Crippen molar-refractivity contribution in [2.24, 2.45) is 0 Å². The van der Waals surface area contributed by atoms with Gasteiger partial charge in [0.25, 0.3) is 0 Å². The van der Waals surface area contributed by atoms with Gasteiger partial charge in [0.05, 0.1) is 7.11 Å². The normalized spacial score (nSPS) is 10.2. The summed E-state index contributed by atoms with van der Waals surface area (Å²) < 4.78 is 5.15. The molecule has 100 valence electrons.